The van der Waals surface area contributed by atoms with Crippen molar-refractivity contribution in [2.75, 3.05) is 10.6 Å². The highest BCUT2D eigenvalue weighted by atomic mass is 16.2. The Kier molecular flexibility index (Phi) is 2.22. The van der Waals surface area contributed by atoms with Gasteiger partial charge in [0, 0.05) is 12.1 Å². The first-order chi connectivity index (χ1) is 7.42. The Labute approximate surface area is 94.0 Å². The van der Waals surface area contributed by atoms with Crippen LogP contribution in [-0.2, 0) is 9.59 Å². The number of hydrogen-bond donors (Lipinski definition) is 1. The molecule has 0 aliphatic carbocycles. The Bertz CT molecular complexity index is 449. The number of nitrogens with zero attached hydrogens (tertiary/aromatic N) is 1. The molecule has 0 unspecified atom stereocenters. The van der Waals surface area contributed by atoms with Crippen molar-refractivity contribution >= 4 is 23.2 Å². The summed E-state index contributed by atoms with van der Waals surface area (Å²) in [5.41, 5.74) is 6.17. The second-order valence-electron chi connectivity index (χ2n) is 4.69. The number of anilines is 2. The molecule has 1 aliphatic heterocycles. The van der Waals surface area contributed by atoms with E-state index in [2.05, 4.69) is 0 Å². The average Bonchev–Trinajstić information content (AvgIpc) is 2.39. The molecule has 0 saturated carbocycles. The Hall–Kier alpha value is -1.84. The van der Waals surface area contributed by atoms with Crippen molar-refractivity contribution in [1.29, 1.82) is 0 Å². The first kappa shape index (κ1) is 10.7. The van der Waals surface area contributed by atoms with Crippen molar-refractivity contribution < 1.29 is 9.59 Å². The smallest absolute Gasteiger partial charge is 0.239 e. The van der Waals surface area contributed by atoms with Gasteiger partial charge < -0.3 is 5.73 Å². The van der Waals surface area contributed by atoms with E-state index in [1.807, 2.05) is 0 Å². The van der Waals surface area contributed by atoms with Gasteiger partial charge in [0.15, 0.2) is 0 Å². The van der Waals surface area contributed by atoms with Gasteiger partial charge in [0.25, 0.3) is 0 Å². The molecule has 16 heavy (non-hydrogen) atoms. The van der Waals surface area contributed by atoms with Gasteiger partial charge in [-0.15, -0.1) is 0 Å². The monoisotopic (exact) mass is 218 g/mol. The lowest BCUT2D eigenvalue weighted by molar-refractivity contribution is -0.124. The SMILES string of the molecule is CC1(C)CC(=O)N(c2ccc(N)cc2)C1=O. The molecule has 0 spiro atoms. The fourth-order valence-electron chi connectivity index (χ4n) is 1.83. The van der Waals surface area contributed by atoms with E-state index in [0.29, 0.717) is 11.4 Å². The molecule has 4 nitrogen and oxygen atoms in total. The van der Waals surface area contributed by atoms with Crippen LogP contribution in [0.25, 0.3) is 0 Å². The lowest BCUT2D eigenvalue weighted by Crippen LogP contribution is -2.32. The summed E-state index contributed by atoms with van der Waals surface area (Å²) in [4.78, 5) is 25.0. The average molecular weight is 218 g/mol. The quantitative estimate of drug-likeness (QED) is 0.574. The van der Waals surface area contributed by atoms with Crippen molar-refractivity contribution in [1.82, 2.24) is 0 Å². The van der Waals surface area contributed by atoms with Crippen LogP contribution in [0, 0.1) is 5.41 Å². The van der Waals surface area contributed by atoms with Gasteiger partial charge in [-0.1, -0.05) is 13.8 Å². The predicted octanol–water partition coefficient (Wildman–Crippen LogP) is 1.56. The van der Waals surface area contributed by atoms with Crippen LogP contribution in [-0.4, -0.2) is 11.8 Å². The van der Waals surface area contributed by atoms with E-state index >= 15 is 0 Å². The van der Waals surface area contributed by atoms with Gasteiger partial charge in [0.1, 0.15) is 0 Å². The number of imide groups is 1. The highest BCUT2D eigenvalue weighted by molar-refractivity contribution is 6.22. The molecular weight excluding hydrogens is 204 g/mol. The number of amides is 2. The summed E-state index contributed by atoms with van der Waals surface area (Å²) in [5.74, 6) is -0.304. The zero-order valence-electron chi connectivity index (χ0n) is 9.36. The molecule has 1 aliphatic rings. The van der Waals surface area contributed by atoms with E-state index < -0.39 is 5.41 Å². The van der Waals surface area contributed by atoms with E-state index in [9.17, 15) is 9.59 Å². The fourth-order valence-corrected chi connectivity index (χ4v) is 1.83. The third-order valence-electron chi connectivity index (χ3n) is 2.78. The summed E-state index contributed by atoms with van der Waals surface area (Å²) in [5, 5.41) is 0. The summed E-state index contributed by atoms with van der Waals surface area (Å²) in [6.07, 6.45) is 0.260. The first-order valence-electron chi connectivity index (χ1n) is 5.15. The molecule has 0 bridgehead atoms. The van der Waals surface area contributed by atoms with E-state index in [1.165, 1.54) is 4.90 Å². The summed E-state index contributed by atoms with van der Waals surface area (Å²) < 4.78 is 0. The molecule has 2 N–H and O–H groups in total. The maximum Gasteiger partial charge on any atom is 0.239 e. The number of carbonyl (C=O) groups is 2. The number of hydrogen-bond acceptors (Lipinski definition) is 3. The van der Waals surface area contributed by atoms with Crippen molar-refractivity contribution in [2.24, 2.45) is 5.41 Å². The summed E-state index contributed by atoms with van der Waals surface area (Å²) in [7, 11) is 0. The van der Waals surface area contributed by atoms with Gasteiger partial charge >= 0.3 is 0 Å². The predicted molar refractivity (Wildman–Crippen MR) is 61.7 cm³/mol. The summed E-state index contributed by atoms with van der Waals surface area (Å²) >= 11 is 0. The van der Waals surface area contributed by atoms with Gasteiger partial charge in [-0.3, -0.25) is 14.5 Å². The van der Waals surface area contributed by atoms with Crippen LogP contribution in [0.2, 0.25) is 0 Å². The largest absolute Gasteiger partial charge is 0.399 e. The van der Waals surface area contributed by atoms with Crippen molar-refractivity contribution in [3.8, 4) is 0 Å². The maximum absolute atomic E-state index is 12.0. The van der Waals surface area contributed by atoms with Gasteiger partial charge in [0.2, 0.25) is 11.8 Å². The van der Waals surface area contributed by atoms with Crippen molar-refractivity contribution in [2.45, 2.75) is 20.3 Å². The molecule has 1 saturated heterocycles. The molecule has 1 aromatic carbocycles. The van der Waals surface area contributed by atoms with Crippen LogP contribution in [0.5, 0.6) is 0 Å². The molecule has 0 radical (unpaired) electrons. The van der Waals surface area contributed by atoms with Crippen molar-refractivity contribution in [3.05, 3.63) is 24.3 Å². The Morgan fingerprint density at radius 1 is 1.19 bits per heavy atom. The van der Waals surface area contributed by atoms with Crippen LogP contribution in [0.1, 0.15) is 20.3 Å². The Morgan fingerprint density at radius 2 is 1.75 bits per heavy atom. The first-order valence-corrected chi connectivity index (χ1v) is 5.15. The van der Waals surface area contributed by atoms with Crippen molar-refractivity contribution in [3.63, 3.8) is 0 Å². The topological polar surface area (TPSA) is 63.4 Å². The third-order valence-corrected chi connectivity index (χ3v) is 2.78. The van der Waals surface area contributed by atoms with Crippen LogP contribution in [0.15, 0.2) is 24.3 Å². The molecule has 1 heterocycles. The molecule has 1 aromatic rings. The van der Waals surface area contributed by atoms with E-state index in [-0.39, 0.29) is 18.2 Å². The minimum absolute atomic E-state index is 0.151. The van der Waals surface area contributed by atoms with Gasteiger partial charge in [-0.25, -0.2) is 0 Å². The Balaban J connectivity index is 2.39. The normalized spacial score (nSPS) is 19.2. The molecule has 4 heteroatoms. The minimum Gasteiger partial charge on any atom is -0.399 e. The number of rotatable bonds is 1. The fraction of sp³-hybridized carbons (Fsp3) is 0.333. The van der Waals surface area contributed by atoms with Crippen LogP contribution in [0.3, 0.4) is 0 Å². The van der Waals surface area contributed by atoms with E-state index in [1.54, 1.807) is 38.1 Å². The van der Waals surface area contributed by atoms with Crippen LogP contribution < -0.4 is 10.6 Å². The van der Waals surface area contributed by atoms with Gasteiger partial charge in [-0.05, 0) is 24.3 Å². The second kappa shape index (κ2) is 3.33. The zero-order chi connectivity index (χ0) is 11.9. The van der Waals surface area contributed by atoms with E-state index in [0.717, 1.165) is 0 Å². The van der Waals surface area contributed by atoms with Gasteiger partial charge in [0.05, 0.1) is 11.1 Å². The summed E-state index contributed by atoms with van der Waals surface area (Å²) in [6.45, 7) is 3.56. The van der Waals surface area contributed by atoms with Crippen LogP contribution >= 0.6 is 0 Å². The standard InChI is InChI=1S/C12H14N2O2/c1-12(2)7-10(15)14(11(12)16)9-5-3-8(13)4-6-9/h3-6H,7,13H2,1-2H3. The molecular formula is C12H14N2O2. The van der Waals surface area contributed by atoms with Gasteiger partial charge in [-0.2, -0.15) is 0 Å². The lowest BCUT2D eigenvalue weighted by atomic mass is 9.92. The second-order valence-corrected chi connectivity index (χ2v) is 4.69. The Morgan fingerprint density at radius 3 is 2.19 bits per heavy atom. The zero-order valence-corrected chi connectivity index (χ0v) is 9.36. The highest BCUT2D eigenvalue weighted by Gasteiger charge is 2.45. The molecule has 84 valence electrons. The maximum atomic E-state index is 12.0. The number of benzene rings is 1. The molecule has 0 aromatic heterocycles. The molecule has 2 rings (SSSR count). The molecule has 1 fully saturated rings. The van der Waals surface area contributed by atoms with Crippen LogP contribution in [0.4, 0.5) is 11.4 Å². The number of nitrogen functional groups attached to an aromatic ring is 1. The number of nitrogens with two attached hydrogens (primary N) is 1. The number of carbonyl (C=O) groups excluding carboxylic acids is 2. The summed E-state index contributed by atoms with van der Waals surface area (Å²) in [6, 6.07) is 6.74. The minimum atomic E-state index is -0.599. The third kappa shape index (κ3) is 1.56. The molecule has 2 amide bonds. The highest BCUT2D eigenvalue weighted by Crippen LogP contribution is 2.35. The molecule has 0 atom stereocenters. The lowest BCUT2D eigenvalue weighted by Gasteiger charge is -2.17. The van der Waals surface area contributed by atoms with E-state index in [4.69, 9.17) is 5.73 Å².